The van der Waals surface area contributed by atoms with Crippen LogP contribution in [-0.4, -0.2) is 15.6 Å². The van der Waals surface area contributed by atoms with E-state index in [1.165, 1.54) is 54.7 Å². The SMILES string of the molecule is [CH2-]Cn1c(-c2ccccc2[CH2-])c(C2CCCCC2)c2sc(C(=O)O)cc21.[Y]. The molecular formula is C22H23NO2SY-2. The molecule has 0 bridgehead atoms. The molecule has 2 heterocycles. The van der Waals surface area contributed by atoms with Crippen LogP contribution in [0, 0.1) is 13.8 Å². The van der Waals surface area contributed by atoms with Crippen molar-refractivity contribution in [2.45, 2.75) is 44.6 Å². The molecule has 3 aromatic rings. The Kier molecular flexibility index (Phi) is 6.50. The zero-order valence-electron chi connectivity index (χ0n) is 15.4. The van der Waals surface area contributed by atoms with E-state index < -0.39 is 5.97 Å². The monoisotopic (exact) mass is 454 g/mol. The number of aromatic carboxylic acids is 1. The topological polar surface area (TPSA) is 42.2 Å². The van der Waals surface area contributed by atoms with Crippen LogP contribution in [0.25, 0.3) is 21.5 Å². The molecule has 1 N–H and O–H groups in total. The molecule has 1 aliphatic carbocycles. The number of carbonyl (C=O) groups is 1. The zero-order chi connectivity index (χ0) is 18.3. The largest absolute Gasteiger partial charge is 0.477 e. The Morgan fingerprint density at radius 2 is 1.93 bits per heavy atom. The van der Waals surface area contributed by atoms with Gasteiger partial charge in [-0.3, -0.25) is 0 Å². The minimum Gasteiger partial charge on any atom is -0.477 e. The fourth-order valence-electron chi connectivity index (χ4n) is 4.30. The summed E-state index contributed by atoms with van der Waals surface area (Å²) in [4.78, 5) is 11.9. The number of carboxylic acid groups (broad SMARTS) is 1. The molecule has 0 amide bonds. The van der Waals surface area contributed by atoms with Crippen LogP contribution in [0.15, 0.2) is 30.3 Å². The molecule has 0 atom stereocenters. The smallest absolute Gasteiger partial charge is 0.345 e. The third-order valence-corrected chi connectivity index (χ3v) is 6.64. The third kappa shape index (κ3) is 3.64. The molecule has 2 aromatic heterocycles. The molecule has 0 unspecified atom stereocenters. The van der Waals surface area contributed by atoms with Crippen LogP contribution in [0.1, 0.15) is 58.8 Å². The summed E-state index contributed by atoms with van der Waals surface area (Å²) in [6.07, 6.45) is 6.11. The first-order chi connectivity index (χ1) is 12.6. The van der Waals surface area contributed by atoms with Gasteiger partial charge in [-0.1, -0.05) is 25.3 Å². The fraction of sp³-hybridized carbons (Fsp3) is 0.318. The van der Waals surface area contributed by atoms with E-state index >= 15 is 0 Å². The molecule has 27 heavy (non-hydrogen) atoms. The van der Waals surface area contributed by atoms with Crippen molar-refractivity contribution >= 4 is 27.5 Å². The van der Waals surface area contributed by atoms with Crippen LogP contribution in [-0.2, 0) is 39.3 Å². The summed E-state index contributed by atoms with van der Waals surface area (Å²) < 4.78 is 3.31. The summed E-state index contributed by atoms with van der Waals surface area (Å²) in [5, 5.41) is 9.48. The molecule has 0 spiro atoms. The first kappa shape index (κ1) is 20.6. The van der Waals surface area contributed by atoms with Gasteiger partial charge < -0.3 is 16.6 Å². The average Bonchev–Trinajstić information content (AvgIpc) is 3.19. The summed E-state index contributed by atoms with van der Waals surface area (Å²) in [6.45, 7) is 8.94. The van der Waals surface area contributed by atoms with Gasteiger partial charge in [0.25, 0.3) is 0 Å². The molecule has 139 valence electrons. The molecule has 1 aromatic carbocycles. The van der Waals surface area contributed by atoms with Crippen LogP contribution >= 0.6 is 11.3 Å². The van der Waals surface area contributed by atoms with Gasteiger partial charge in [0.05, 0.1) is 10.2 Å². The number of carboxylic acids is 1. The number of thiophene rings is 1. The predicted molar refractivity (Wildman–Crippen MR) is 108 cm³/mol. The maximum absolute atomic E-state index is 11.5. The molecule has 5 heteroatoms. The Morgan fingerprint density at radius 3 is 2.56 bits per heavy atom. The van der Waals surface area contributed by atoms with Gasteiger partial charge in [-0.15, -0.1) is 35.6 Å². The molecule has 1 aliphatic rings. The third-order valence-electron chi connectivity index (χ3n) is 5.49. The van der Waals surface area contributed by atoms with Crippen LogP contribution in [0.4, 0.5) is 0 Å². The van der Waals surface area contributed by atoms with Crippen molar-refractivity contribution in [2.24, 2.45) is 0 Å². The van der Waals surface area contributed by atoms with E-state index in [2.05, 4.69) is 24.5 Å². The van der Waals surface area contributed by atoms with Gasteiger partial charge in [-0.05, 0) is 36.1 Å². The molecule has 0 aliphatic heterocycles. The second kappa shape index (κ2) is 8.51. The second-order valence-electron chi connectivity index (χ2n) is 7.04. The average molecular weight is 454 g/mol. The maximum Gasteiger partial charge on any atom is 0.345 e. The van der Waals surface area contributed by atoms with Gasteiger partial charge in [0.1, 0.15) is 4.88 Å². The van der Waals surface area contributed by atoms with Gasteiger partial charge in [0.15, 0.2) is 0 Å². The normalized spacial score (nSPS) is 15.0. The first-order valence-electron chi connectivity index (χ1n) is 9.21. The number of hydrogen-bond acceptors (Lipinski definition) is 2. The van der Waals surface area contributed by atoms with E-state index in [0.29, 0.717) is 17.3 Å². The summed E-state index contributed by atoms with van der Waals surface area (Å²) in [6, 6.07) is 10.0. The van der Waals surface area contributed by atoms with Crippen molar-refractivity contribution in [3.05, 3.63) is 60.2 Å². The van der Waals surface area contributed by atoms with Crippen LogP contribution in [0.5, 0.6) is 0 Å². The van der Waals surface area contributed by atoms with E-state index in [0.717, 1.165) is 21.3 Å². The van der Waals surface area contributed by atoms with Gasteiger partial charge >= 0.3 is 5.97 Å². The van der Waals surface area contributed by atoms with E-state index in [1.54, 1.807) is 0 Å². The van der Waals surface area contributed by atoms with Gasteiger partial charge in [0, 0.05) is 32.7 Å². The summed E-state index contributed by atoms with van der Waals surface area (Å²) in [5.74, 6) is -0.371. The molecule has 1 fully saturated rings. The number of nitrogens with zero attached hydrogens (tertiary/aromatic N) is 1. The molecular weight excluding hydrogens is 431 g/mol. The van der Waals surface area contributed by atoms with Crippen LogP contribution < -0.4 is 0 Å². The van der Waals surface area contributed by atoms with Crippen LogP contribution in [0.2, 0.25) is 0 Å². The number of aromatic nitrogens is 1. The molecule has 4 rings (SSSR count). The molecule has 3 nitrogen and oxygen atoms in total. The zero-order valence-corrected chi connectivity index (χ0v) is 19.1. The fourth-order valence-corrected chi connectivity index (χ4v) is 5.42. The summed E-state index contributed by atoms with van der Waals surface area (Å²) in [5.41, 5.74) is 5.65. The number of fused-ring (bicyclic) bond motifs is 1. The quantitative estimate of drug-likeness (QED) is 0.482. The predicted octanol–water partition coefficient (Wildman–Crippen LogP) is 6.13. The Labute approximate surface area is 189 Å². The van der Waals surface area contributed by atoms with Crippen molar-refractivity contribution < 1.29 is 42.6 Å². The van der Waals surface area contributed by atoms with Crippen molar-refractivity contribution in [3.8, 4) is 11.3 Å². The van der Waals surface area contributed by atoms with Crippen molar-refractivity contribution in [1.82, 2.24) is 4.57 Å². The number of rotatable bonds is 4. The number of hydrogen-bond donors (Lipinski definition) is 1. The van der Waals surface area contributed by atoms with Crippen molar-refractivity contribution in [3.63, 3.8) is 0 Å². The first-order valence-corrected chi connectivity index (χ1v) is 10.0. The Morgan fingerprint density at radius 1 is 1.22 bits per heavy atom. The van der Waals surface area contributed by atoms with E-state index in [-0.39, 0.29) is 32.7 Å². The minimum atomic E-state index is -0.851. The van der Waals surface area contributed by atoms with Gasteiger partial charge in [-0.25, -0.2) is 4.79 Å². The molecule has 0 saturated heterocycles. The molecule has 1 saturated carbocycles. The summed E-state index contributed by atoms with van der Waals surface area (Å²) >= 11 is 1.41. The molecule has 1 radical (unpaired) electrons. The standard InChI is InChI=1S/C22H23NO2S.Y/c1-3-23-17-13-18(22(24)25)26-21(17)19(15-10-5-4-6-11-15)20(23)16-12-8-7-9-14(16)2;/h7-9,12-13,15H,1-6,10-11H2,(H,24,25);/q-2;. The Bertz CT molecular complexity index is 966. The van der Waals surface area contributed by atoms with Crippen LogP contribution in [0.3, 0.4) is 0 Å². The second-order valence-corrected chi connectivity index (χ2v) is 8.09. The van der Waals surface area contributed by atoms with Crippen molar-refractivity contribution in [1.29, 1.82) is 0 Å². The Hall–Kier alpha value is -1.10. The van der Waals surface area contributed by atoms with E-state index in [1.807, 2.05) is 24.3 Å². The maximum atomic E-state index is 11.5. The van der Waals surface area contributed by atoms with Gasteiger partial charge in [-0.2, -0.15) is 18.6 Å². The van der Waals surface area contributed by atoms with Gasteiger partial charge in [0.2, 0.25) is 0 Å². The minimum absolute atomic E-state index is 0. The van der Waals surface area contributed by atoms with E-state index in [9.17, 15) is 9.90 Å². The van der Waals surface area contributed by atoms with Crippen molar-refractivity contribution in [2.75, 3.05) is 0 Å². The van der Waals surface area contributed by atoms with E-state index in [4.69, 9.17) is 0 Å². The number of benzene rings is 1. The Balaban J connectivity index is 0.00000210. The summed E-state index contributed by atoms with van der Waals surface area (Å²) in [7, 11) is 0.